The van der Waals surface area contributed by atoms with Crippen molar-refractivity contribution in [1.82, 2.24) is 9.97 Å². The molecule has 2 aromatic rings. The maximum absolute atomic E-state index is 12.1. The van der Waals surface area contributed by atoms with E-state index < -0.39 is 12.1 Å². The van der Waals surface area contributed by atoms with Crippen molar-refractivity contribution in [3.63, 3.8) is 0 Å². The molecule has 0 bridgehead atoms. The summed E-state index contributed by atoms with van der Waals surface area (Å²) in [7, 11) is 0. The SMILES string of the molecule is CCOC(=O)Oc1cccc(Nc2nc(SC)ncc2C(=O)OCC)c1. The van der Waals surface area contributed by atoms with Gasteiger partial charge in [0.1, 0.15) is 17.1 Å². The summed E-state index contributed by atoms with van der Waals surface area (Å²) in [6.45, 7) is 3.87. The molecule has 0 aliphatic carbocycles. The number of aromatic nitrogens is 2. The quantitative estimate of drug-likeness (QED) is 0.335. The van der Waals surface area contributed by atoms with Crippen LogP contribution < -0.4 is 10.1 Å². The van der Waals surface area contributed by atoms with E-state index in [0.717, 1.165) is 0 Å². The van der Waals surface area contributed by atoms with Gasteiger partial charge in [0.15, 0.2) is 5.16 Å². The number of thioether (sulfide) groups is 1. The minimum Gasteiger partial charge on any atom is -0.462 e. The third kappa shape index (κ3) is 5.35. The smallest absolute Gasteiger partial charge is 0.462 e. The molecule has 0 radical (unpaired) electrons. The van der Waals surface area contributed by atoms with Gasteiger partial charge < -0.3 is 19.5 Å². The van der Waals surface area contributed by atoms with Crippen molar-refractivity contribution in [3.8, 4) is 5.75 Å². The van der Waals surface area contributed by atoms with Crippen molar-refractivity contribution < 1.29 is 23.8 Å². The number of nitrogens with one attached hydrogen (secondary N) is 1. The van der Waals surface area contributed by atoms with Crippen LogP contribution in [0.3, 0.4) is 0 Å². The second kappa shape index (κ2) is 9.62. The maximum atomic E-state index is 12.1. The molecule has 9 heteroatoms. The Bertz CT molecular complexity index is 785. The average Bonchev–Trinajstić information content (AvgIpc) is 2.62. The second-order valence-corrected chi connectivity index (χ2v) is 5.55. The summed E-state index contributed by atoms with van der Waals surface area (Å²) >= 11 is 1.34. The molecule has 26 heavy (non-hydrogen) atoms. The Morgan fingerprint density at radius 1 is 1.19 bits per heavy atom. The zero-order valence-electron chi connectivity index (χ0n) is 14.6. The average molecular weight is 377 g/mol. The molecule has 0 aliphatic heterocycles. The number of rotatable bonds is 7. The highest BCUT2D eigenvalue weighted by molar-refractivity contribution is 7.98. The number of carbonyl (C=O) groups is 2. The summed E-state index contributed by atoms with van der Waals surface area (Å²) < 4.78 is 14.8. The van der Waals surface area contributed by atoms with Crippen molar-refractivity contribution in [2.45, 2.75) is 19.0 Å². The molecule has 0 spiro atoms. The fourth-order valence-electron chi connectivity index (χ4n) is 1.94. The Kier molecular flexibility index (Phi) is 7.22. The van der Waals surface area contributed by atoms with Gasteiger partial charge in [-0.05, 0) is 32.2 Å². The fraction of sp³-hybridized carbons (Fsp3) is 0.294. The van der Waals surface area contributed by atoms with Crippen LogP contribution in [0.25, 0.3) is 0 Å². The standard InChI is InChI=1S/C17H19N3O5S/c1-4-23-15(21)13-10-18-16(26-3)20-14(13)19-11-7-6-8-12(9-11)25-17(22)24-5-2/h6-10H,4-5H2,1-3H3,(H,18,19,20). The van der Waals surface area contributed by atoms with Crippen molar-refractivity contribution in [3.05, 3.63) is 36.0 Å². The van der Waals surface area contributed by atoms with Gasteiger partial charge in [-0.3, -0.25) is 0 Å². The summed E-state index contributed by atoms with van der Waals surface area (Å²) in [5.74, 6) is 0.0722. The molecular weight excluding hydrogens is 358 g/mol. The minimum absolute atomic E-state index is 0.210. The lowest BCUT2D eigenvalue weighted by molar-refractivity contribution is 0.0526. The van der Waals surface area contributed by atoms with E-state index >= 15 is 0 Å². The van der Waals surface area contributed by atoms with E-state index in [9.17, 15) is 9.59 Å². The lowest BCUT2D eigenvalue weighted by atomic mass is 10.2. The summed E-state index contributed by atoms with van der Waals surface area (Å²) in [5, 5.41) is 3.53. The van der Waals surface area contributed by atoms with E-state index in [1.807, 2.05) is 6.26 Å². The highest BCUT2D eigenvalue weighted by Crippen LogP contribution is 2.24. The molecule has 0 saturated carbocycles. The highest BCUT2D eigenvalue weighted by Gasteiger charge is 2.16. The minimum atomic E-state index is -0.788. The first-order chi connectivity index (χ1) is 12.6. The Morgan fingerprint density at radius 3 is 2.65 bits per heavy atom. The molecule has 0 fully saturated rings. The Labute approximate surface area is 155 Å². The van der Waals surface area contributed by atoms with Gasteiger partial charge in [-0.15, -0.1) is 0 Å². The monoisotopic (exact) mass is 377 g/mol. The maximum Gasteiger partial charge on any atom is 0.513 e. The van der Waals surface area contributed by atoms with Crippen molar-refractivity contribution in [2.24, 2.45) is 0 Å². The molecule has 138 valence electrons. The zero-order chi connectivity index (χ0) is 18.9. The molecule has 0 aliphatic rings. The Balaban J connectivity index is 2.26. The molecule has 1 N–H and O–H groups in total. The van der Waals surface area contributed by atoms with Crippen molar-refractivity contribution in [2.75, 3.05) is 24.8 Å². The molecule has 0 atom stereocenters. The topological polar surface area (TPSA) is 99.6 Å². The molecular formula is C17H19N3O5S. The van der Waals surface area contributed by atoms with E-state index in [2.05, 4.69) is 15.3 Å². The molecule has 1 aromatic heterocycles. The largest absolute Gasteiger partial charge is 0.513 e. The number of ether oxygens (including phenoxy) is 3. The van der Waals surface area contributed by atoms with Gasteiger partial charge in [0.05, 0.1) is 13.2 Å². The van der Waals surface area contributed by atoms with Gasteiger partial charge >= 0.3 is 12.1 Å². The third-order valence-electron chi connectivity index (χ3n) is 3.00. The zero-order valence-corrected chi connectivity index (χ0v) is 15.5. The van der Waals surface area contributed by atoms with E-state index in [1.165, 1.54) is 18.0 Å². The van der Waals surface area contributed by atoms with E-state index in [-0.39, 0.29) is 18.8 Å². The molecule has 0 saturated heterocycles. The normalized spacial score (nSPS) is 10.1. The molecule has 8 nitrogen and oxygen atoms in total. The Morgan fingerprint density at radius 2 is 1.96 bits per heavy atom. The number of anilines is 2. The first kappa shape index (κ1) is 19.5. The van der Waals surface area contributed by atoms with Gasteiger partial charge in [0.2, 0.25) is 0 Å². The van der Waals surface area contributed by atoms with Crippen LogP contribution in [0.5, 0.6) is 5.75 Å². The summed E-state index contributed by atoms with van der Waals surface area (Å²) in [4.78, 5) is 32.0. The van der Waals surface area contributed by atoms with E-state index in [4.69, 9.17) is 14.2 Å². The number of carbonyl (C=O) groups excluding carboxylic acids is 2. The predicted molar refractivity (Wildman–Crippen MR) is 97.1 cm³/mol. The van der Waals surface area contributed by atoms with E-state index in [1.54, 1.807) is 38.1 Å². The summed E-state index contributed by atoms with van der Waals surface area (Å²) in [6, 6.07) is 6.64. The molecule has 2 rings (SSSR count). The first-order valence-corrected chi connectivity index (χ1v) is 9.09. The number of esters is 1. The van der Waals surface area contributed by atoms with Crippen LogP contribution >= 0.6 is 11.8 Å². The van der Waals surface area contributed by atoms with Gasteiger partial charge in [0, 0.05) is 18.0 Å². The van der Waals surface area contributed by atoms with Crippen molar-refractivity contribution >= 4 is 35.4 Å². The van der Waals surface area contributed by atoms with Crippen LogP contribution in [0.1, 0.15) is 24.2 Å². The summed E-state index contributed by atoms with van der Waals surface area (Å²) in [6.07, 6.45) is 2.46. The molecule has 1 heterocycles. The van der Waals surface area contributed by atoms with Crippen LogP contribution in [0.2, 0.25) is 0 Å². The van der Waals surface area contributed by atoms with Crippen LogP contribution in [-0.4, -0.2) is 41.6 Å². The van der Waals surface area contributed by atoms with Crippen LogP contribution in [-0.2, 0) is 9.47 Å². The Hall–Kier alpha value is -2.81. The number of hydrogen-bond donors (Lipinski definition) is 1. The van der Waals surface area contributed by atoms with Crippen molar-refractivity contribution in [1.29, 1.82) is 0 Å². The lowest BCUT2D eigenvalue weighted by Gasteiger charge is -2.12. The summed E-state index contributed by atoms with van der Waals surface area (Å²) in [5.41, 5.74) is 0.782. The van der Waals surface area contributed by atoms with E-state index in [0.29, 0.717) is 22.4 Å². The van der Waals surface area contributed by atoms with Gasteiger partial charge in [-0.2, -0.15) is 0 Å². The second-order valence-electron chi connectivity index (χ2n) is 4.78. The fourth-order valence-corrected chi connectivity index (χ4v) is 2.28. The van der Waals surface area contributed by atoms with Gasteiger partial charge in [-0.1, -0.05) is 17.8 Å². The van der Waals surface area contributed by atoms with Gasteiger partial charge in [0.25, 0.3) is 0 Å². The number of hydrogen-bond acceptors (Lipinski definition) is 9. The number of nitrogens with zero attached hydrogens (tertiary/aromatic N) is 2. The molecule has 1 aromatic carbocycles. The predicted octanol–water partition coefficient (Wildman–Crippen LogP) is 3.65. The van der Waals surface area contributed by atoms with Crippen LogP contribution in [0, 0.1) is 0 Å². The first-order valence-electron chi connectivity index (χ1n) is 7.87. The number of benzene rings is 1. The van der Waals surface area contributed by atoms with Crippen LogP contribution in [0.15, 0.2) is 35.6 Å². The third-order valence-corrected chi connectivity index (χ3v) is 3.57. The molecule has 0 unspecified atom stereocenters. The van der Waals surface area contributed by atoms with Gasteiger partial charge in [-0.25, -0.2) is 19.6 Å². The van der Waals surface area contributed by atoms with Crippen LogP contribution in [0.4, 0.5) is 16.3 Å². The molecule has 0 amide bonds. The highest BCUT2D eigenvalue weighted by atomic mass is 32.2. The lowest BCUT2D eigenvalue weighted by Crippen LogP contribution is -2.11.